The zero-order valence-corrected chi connectivity index (χ0v) is 15.6. The Bertz CT molecular complexity index is 1060. The molecule has 2 heterocycles. The minimum absolute atomic E-state index is 0.0172. The van der Waals surface area contributed by atoms with Crippen LogP contribution in [0.15, 0.2) is 59.7 Å². The van der Waals surface area contributed by atoms with Crippen LogP contribution in [0.2, 0.25) is 0 Å². The lowest BCUT2D eigenvalue weighted by atomic mass is 9.97. The van der Waals surface area contributed by atoms with Gasteiger partial charge in [0.15, 0.2) is 0 Å². The van der Waals surface area contributed by atoms with Gasteiger partial charge in [0.1, 0.15) is 6.54 Å². The molecule has 0 aliphatic carbocycles. The molecule has 0 bridgehead atoms. The molecule has 144 valence electrons. The zero-order chi connectivity index (χ0) is 19.5. The molecule has 1 N–H and O–H groups in total. The molecule has 0 saturated carbocycles. The fraction of sp³-hybridized carbons (Fsp3) is 0.318. The van der Waals surface area contributed by atoms with E-state index in [1.165, 1.54) is 16.5 Å². The van der Waals surface area contributed by atoms with E-state index in [4.69, 9.17) is 0 Å². The largest absolute Gasteiger partial charge is 0.392 e. The van der Waals surface area contributed by atoms with Gasteiger partial charge in [0.2, 0.25) is 5.91 Å². The molecular weight excluding hydrogens is 354 g/mol. The number of nitrogens with zero attached hydrogens (tertiary/aromatic N) is 3. The van der Waals surface area contributed by atoms with Crippen molar-refractivity contribution in [3.63, 3.8) is 0 Å². The van der Waals surface area contributed by atoms with Gasteiger partial charge in [-0.05, 0) is 42.0 Å². The van der Waals surface area contributed by atoms with Gasteiger partial charge in [-0.3, -0.25) is 14.2 Å². The van der Waals surface area contributed by atoms with Crippen LogP contribution in [0.5, 0.6) is 0 Å². The van der Waals surface area contributed by atoms with Crippen LogP contribution >= 0.6 is 0 Å². The van der Waals surface area contributed by atoms with Crippen molar-refractivity contribution >= 4 is 16.8 Å². The third-order valence-electron chi connectivity index (χ3n) is 5.37. The molecule has 6 nitrogen and oxygen atoms in total. The highest BCUT2D eigenvalue weighted by atomic mass is 16.3. The number of fused-ring (bicyclic) bond motifs is 1. The van der Waals surface area contributed by atoms with Gasteiger partial charge in [0.25, 0.3) is 5.56 Å². The minimum atomic E-state index is -0.185. The fourth-order valence-electron chi connectivity index (χ4n) is 3.88. The summed E-state index contributed by atoms with van der Waals surface area (Å²) >= 11 is 0. The number of rotatable bonds is 5. The monoisotopic (exact) mass is 377 g/mol. The summed E-state index contributed by atoms with van der Waals surface area (Å²) in [6.45, 7) is 1.46. The highest BCUT2D eigenvalue weighted by Gasteiger charge is 2.26. The SMILES string of the molecule is O=C(Cn1cnc2ccccc2c1=O)N1CC[C@H](Cc2cccc(CO)c2)C1. The van der Waals surface area contributed by atoms with Crippen LogP contribution in [0, 0.1) is 5.92 Å². The predicted molar refractivity (Wildman–Crippen MR) is 107 cm³/mol. The molecule has 28 heavy (non-hydrogen) atoms. The summed E-state index contributed by atoms with van der Waals surface area (Å²) in [5.41, 5.74) is 2.55. The molecular formula is C22H23N3O3. The van der Waals surface area contributed by atoms with Crippen LogP contribution in [0.25, 0.3) is 10.9 Å². The highest BCUT2D eigenvalue weighted by Crippen LogP contribution is 2.22. The first kappa shape index (κ1) is 18.4. The third kappa shape index (κ3) is 3.82. The number of amides is 1. The Morgan fingerprint density at radius 2 is 1.96 bits per heavy atom. The topological polar surface area (TPSA) is 75.4 Å². The number of hydrogen-bond donors (Lipinski definition) is 1. The first-order valence-electron chi connectivity index (χ1n) is 9.54. The van der Waals surface area contributed by atoms with Gasteiger partial charge < -0.3 is 10.0 Å². The first-order chi connectivity index (χ1) is 13.6. The molecule has 2 aromatic carbocycles. The van der Waals surface area contributed by atoms with Crippen molar-refractivity contribution in [2.24, 2.45) is 5.92 Å². The molecule has 0 radical (unpaired) electrons. The van der Waals surface area contributed by atoms with Crippen LogP contribution in [0.3, 0.4) is 0 Å². The van der Waals surface area contributed by atoms with E-state index in [9.17, 15) is 14.7 Å². The molecule has 1 amide bonds. The van der Waals surface area contributed by atoms with Crippen molar-refractivity contribution in [3.05, 3.63) is 76.3 Å². The van der Waals surface area contributed by atoms with E-state index in [0.717, 1.165) is 18.4 Å². The van der Waals surface area contributed by atoms with E-state index in [1.807, 2.05) is 29.2 Å². The maximum absolute atomic E-state index is 12.7. The zero-order valence-electron chi connectivity index (χ0n) is 15.6. The lowest BCUT2D eigenvalue weighted by Crippen LogP contribution is -2.35. The molecule has 1 fully saturated rings. The maximum Gasteiger partial charge on any atom is 0.261 e. The van der Waals surface area contributed by atoms with E-state index in [1.54, 1.807) is 18.2 Å². The quantitative estimate of drug-likeness (QED) is 0.738. The minimum Gasteiger partial charge on any atom is -0.392 e. The Labute approximate surface area is 163 Å². The van der Waals surface area contributed by atoms with Crippen molar-refractivity contribution in [2.45, 2.75) is 26.0 Å². The van der Waals surface area contributed by atoms with Crippen LogP contribution in [-0.4, -0.2) is 38.6 Å². The molecule has 1 aliphatic rings. The Balaban J connectivity index is 1.41. The van der Waals surface area contributed by atoms with Crippen molar-refractivity contribution in [1.29, 1.82) is 0 Å². The van der Waals surface area contributed by atoms with Crippen molar-refractivity contribution in [2.75, 3.05) is 13.1 Å². The van der Waals surface area contributed by atoms with E-state index < -0.39 is 0 Å². The molecule has 0 unspecified atom stereocenters. The van der Waals surface area contributed by atoms with Crippen molar-refractivity contribution in [1.82, 2.24) is 14.5 Å². The summed E-state index contributed by atoms with van der Waals surface area (Å²) in [7, 11) is 0. The number of aromatic nitrogens is 2. The Morgan fingerprint density at radius 1 is 1.14 bits per heavy atom. The average molecular weight is 377 g/mol. The van der Waals surface area contributed by atoms with Gasteiger partial charge in [-0.1, -0.05) is 36.4 Å². The number of carbonyl (C=O) groups excluding carboxylic acids is 1. The van der Waals surface area contributed by atoms with Crippen molar-refractivity contribution in [3.8, 4) is 0 Å². The fourth-order valence-corrected chi connectivity index (χ4v) is 3.88. The second kappa shape index (κ2) is 7.94. The number of aliphatic hydroxyl groups is 1. The van der Waals surface area contributed by atoms with E-state index in [0.29, 0.717) is 29.9 Å². The summed E-state index contributed by atoms with van der Waals surface area (Å²) in [5.74, 6) is 0.343. The number of para-hydroxylation sites is 1. The van der Waals surface area contributed by atoms with E-state index in [-0.39, 0.29) is 24.6 Å². The van der Waals surface area contributed by atoms with E-state index >= 15 is 0 Å². The number of benzene rings is 2. The van der Waals surface area contributed by atoms with Crippen LogP contribution in [0.4, 0.5) is 0 Å². The normalized spacial score (nSPS) is 16.6. The Morgan fingerprint density at radius 3 is 2.82 bits per heavy atom. The smallest absolute Gasteiger partial charge is 0.261 e. The molecule has 1 atom stereocenters. The van der Waals surface area contributed by atoms with Gasteiger partial charge in [0.05, 0.1) is 23.8 Å². The van der Waals surface area contributed by atoms with Crippen LogP contribution in [0.1, 0.15) is 17.5 Å². The summed E-state index contributed by atoms with van der Waals surface area (Å²) in [6, 6.07) is 15.1. The summed E-state index contributed by atoms with van der Waals surface area (Å²) in [5, 5.41) is 9.81. The van der Waals surface area contributed by atoms with Crippen LogP contribution < -0.4 is 5.56 Å². The van der Waals surface area contributed by atoms with Gasteiger partial charge in [-0.25, -0.2) is 4.98 Å². The molecule has 4 rings (SSSR count). The summed E-state index contributed by atoms with van der Waals surface area (Å²) < 4.78 is 1.39. The summed E-state index contributed by atoms with van der Waals surface area (Å²) in [6.07, 6.45) is 3.28. The second-order valence-corrected chi connectivity index (χ2v) is 7.37. The van der Waals surface area contributed by atoms with Gasteiger partial charge >= 0.3 is 0 Å². The maximum atomic E-state index is 12.7. The molecule has 0 spiro atoms. The van der Waals surface area contributed by atoms with Gasteiger partial charge in [0, 0.05) is 13.1 Å². The number of hydrogen-bond acceptors (Lipinski definition) is 4. The standard InChI is InChI=1S/C22H23N3O3/c26-14-18-5-3-4-16(11-18)10-17-8-9-24(12-17)21(27)13-25-15-23-20-7-2-1-6-19(20)22(25)28/h1-7,11,15,17,26H,8-10,12-14H2/t17-/m1/s1. The lowest BCUT2D eigenvalue weighted by molar-refractivity contribution is -0.131. The second-order valence-electron chi connectivity index (χ2n) is 7.37. The summed E-state index contributed by atoms with van der Waals surface area (Å²) in [4.78, 5) is 31.4. The third-order valence-corrected chi connectivity index (χ3v) is 5.37. The molecule has 3 aromatic rings. The Hall–Kier alpha value is -2.99. The molecule has 1 aliphatic heterocycles. The number of carbonyl (C=O) groups is 1. The molecule has 1 aromatic heterocycles. The Kier molecular flexibility index (Phi) is 5.21. The average Bonchev–Trinajstić information content (AvgIpc) is 3.19. The lowest BCUT2D eigenvalue weighted by Gasteiger charge is -2.17. The number of aliphatic hydroxyl groups excluding tert-OH is 1. The van der Waals surface area contributed by atoms with Gasteiger partial charge in [-0.2, -0.15) is 0 Å². The highest BCUT2D eigenvalue weighted by molar-refractivity contribution is 5.79. The van der Waals surface area contributed by atoms with Gasteiger partial charge in [-0.15, -0.1) is 0 Å². The molecule has 1 saturated heterocycles. The molecule has 6 heteroatoms. The van der Waals surface area contributed by atoms with Crippen LogP contribution in [-0.2, 0) is 24.4 Å². The predicted octanol–water partition coefficient (Wildman–Crippen LogP) is 1.98. The van der Waals surface area contributed by atoms with Crippen molar-refractivity contribution < 1.29 is 9.90 Å². The first-order valence-corrected chi connectivity index (χ1v) is 9.54. The number of likely N-dealkylation sites (tertiary alicyclic amines) is 1. The van der Waals surface area contributed by atoms with E-state index in [2.05, 4.69) is 11.1 Å².